The van der Waals surface area contributed by atoms with E-state index in [-0.39, 0.29) is 36.5 Å². The average Bonchev–Trinajstić information content (AvgIpc) is 3.50. The second-order valence-corrected chi connectivity index (χ2v) is 9.22. The maximum atomic E-state index is 12.7. The lowest BCUT2D eigenvalue weighted by molar-refractivity contribution is -0.274. The Bertz CT molecular complexity index is 947. The van der Waals surface area contributed by atoms with Gasteiger partial charge in [-0.3, -0.25) is 9.59 Å². The zero-order valence-electron chi connectivity index (χ0n) is 16.4. The molecule has 1 saturated heterocycles. The van der Waals surface area contributed by atoms with E-state index in [0.717, 1.165) is 42.7 Å². The van der Waals surface area contributed by atoms with Gasteiger partial charge in [-0.15, -0.1) is 13.2 Å². The number of rotatable bonds is 7. The van der Waals surface area contributed by atoms with Crippen molar-refractivity contribution >= 4 is 21.8 Å². The first kappa shape index (κ1) is 23.1. The number of nitrogens with zero attached hydrogens (tertiary/aromatic N) is 1. The molecule has 0 aromatic heterocycles. The highest BCUT2D eigenvalue weighted by Crippen LogP contribution is 2.27. The van der Waals surface area contributed by atoms with Crippen LogP contribution in [0, 0.1) is 0 Å². The van der Waals surface area contributed by atoms with E-state index in [9.17, 15) is 31.2 Å². The summed E-state index contributed by atoms with van der Waals surface area (Å²) in [5.41, 5.74) is 0.750. The van der Waals surface area contributed by atoms with Crippen molar-refractivity contribution in [3.8, 4) is 5.75 Å². The lowest BCUT2D eigenvalue weighted by Crippen LogP contribution is -2.38. The molecule has 31 heavy (non-hydrogen) atoms. The third-order valence-corrected chi connectivity index (χ3v) is 6.67. The molecule has 3 rings (SSSR count). The van der Waals surface area contributed by atoms with Crippen LogP contribution in [0.3, 0.4) is 0 Å². The van der Waals surface area contributed by atoms with E-state index in [1.165, 1.54) is 10.4 Å². The number of halogens is 3. The number of ether oxygens (including phenoxy) is 1. The zero-order chi connectivity index (χ0) is 22.6. The molecular formula is C19H22F3N3O5S. The number of sulfonamides is 1. The van der Waals surface area contributed by atoms with Gasteiger partial charge in [-0.2, -0.15) is 4.31 Å². The summed E-state index contributed by atoms with van der Waals surface area (Å²) < 4.78 is 67.1. The smallest absolute Gasteiger partial charge is 0.406 e. The summed E-state index contributed by atoms with van der Waals surface area (Å²) >= 11 is 0. The molecule has 1 aliphatic carbocycles. The Morgan fingerprint density at radius 3 is 2.29 bits per heavy atom. The van der Waals surface area contributed by atoms with Crippen molar-refractivity contribution in [1.82, 2.24) is 14.9 Å². The molecule has 8 nitrogen and oxygen atoms in total. The van der Waals surface area contributed by atoms with Crippen molar-refractivity contribution in [2.24, 2.45) is 0 Å². The Kier molecular flexibility index (Phi) is 6.90. The fraction of sp³-hybridized carbons (Fsp3) is 0.474. The molecule has 0 bridgehead atoms. The standard InChI is InChI=1S/C19H22F3N3O5S/c20-19(21,22)30-15-3-5-16(6-4-15)31(28,29)25-9-7-13(8-10-25)11-17(26)23-12-18(27)24-14-1-2-14/h3-6,11,14H,1-2,7-10,12H2,(H,23,26)(H,24,27). The molecule has 2 N–H and O–H groups in total. The molecule has 2 amide bonds. The lowest BCUT2D eigenvalue weighted by atomic mass is 10.1. The quantitative estimate of drug-likeness (QED) is 0.602. The Hall–Kier alpha value is -2.60. The number of piperidine rings is 1. The van der Waals surface area contributed by atoms with E-state index in [0.29, 0.717) is 12.8 Å². The van der Waals surface area contributed by atoms with Gasteiger partial charge in [0, 0.05) is 25.2 Å². The highest BCUT2D eigenvalue weighted by molar-refractivity contribution is 7.89. The van der Waals surface area contributed by atoms with E-state index >= 15 is 0 Å². The average molecular weight is 461 g/mol. The molecule has 1 aromatic rings. The van der Waals surface area contributed by atoms with Crippen LogP contribution in [0.15, 0.2) is 40.8 Å². The number of amides is 2. The lowest BCUT2D eigenvalue weighted by Gasteiger charge is -2.27. The van der Waals surface area contributed by atoms with E-state index in [2.05, 4.69) is 15.4 Å². The van der Waals surface area contributed by atoms with Crippen molar-refractivity contribution in [1.29, 1.82) is 0 Å². The Morgan fingerprint density at radius 2 is 1.74 bits per heavy atom. The highest BCUT2D eigenvalue weighted by Gasteiger charge is 2.32. The third-order valence-electron chi connectivity index (χ3n) is 4.76. The van der Waals surface area contributed by atoms with Gasteiger partial charge in [0.1, 0.15) is 5.75 Å². The topological polar surface area (TPSA) is 105 Å². The second kappa shape index (κ2) is 9.27. The van der Waals surface area contributed by atoms with Crippen molar-refractivity contribution in [2.75, 3.05) is 19.6 Å². The maximum Gasteiger partial charge on any atom is 0.573 e. The van der Waals surface area contributed by atoms with Gasteiger partial charge in [0.15, 0.2) is 0 Å². The summed E-state index contributed by atoms with van der Waals surface area (Å²) in [7, 11) is -3.89. The third kappa shape index (κ3) is 6.96. The summed E-state index contributed by atoms with van der Waals surface area (Å²) in [5, 5.41) is 5.25. The molecule has 1 saturated carbocycles. The fourth-order valence-corrected chi connectivity index (χ4v) is 4.47. The minimum Gasteiger partial charge on any atom is -0.406 e. The second-order valence-electron chi connectivity index (χ2n) is 7.29. The van der Waals surface area contributed by atoms with Crippen molar-refractivity contribution in [3.63, 3.8) is 0 Å². The van der Waals surface area contributed by atoms with Crippen LogP contribution in [0.1, 0.15) is 25.7 Å². The maximum absolute atomic E-state index is 12.7. The Balaban J connectivity index is 1.51. The summed E-state index contributed by atoms with van der Waals surface area (Å²) in [5.74, 6) is -1.17. The van der Waals surface area contributed by atoms with Crippen molar-refractivity contribution < 1.29 is 35.9 Å². The van der Waals surface area contributed by atoms with Gasteiger partial charge < -0.3 is 15.4 Å². The Morgan fingerprint density at radius 1 is 1.13 bits per heavy atom. The summed E-state index contributed by atoms with van der Waals surface area (Å²) in [6.07, 6.45) is -0.920. The molecule has 2 aliphatic rings. The van der Waals surface area contributed by atoms with Crippen LogP contribution in [0.25, 0.3) is 0 Å². The molecule has 2 fully saturated rings. The Labute approximate surface area is 177 Å². The van der Waals surface area contributed by atoms with Gasteiger partial charge in [0.2, 0.25) is 21.8 Å². The zero-order valence-corrected chi connectivity index (χ0v) is 17.3. The van der Waals surface area contributed by atoms with Gasteiger partial charge in [0.05, 0.1) is 11.4 Å². The number of carbonyl (C=O) groups excluding carboxylic acids is 2. The molecule has 1 aromatic carbocycles. The SMILES string of the molecule is O=C(C=C1CCN(S(=O)(=O)c2ccc(OC(F)(F)F)cc2)CC1)NCC(=O)NC1CC1. The fourth-order valence-electron chi connectivity index (χ4n) is 3.03. The normalized spacial score (nSPS) is 17.7. The van der Waals surface area contributed by atoms with Crippen LogP contribution < -0.4 is 15.4 Å². The van der Waals surface area contributed by atoms with E-state index in [1.807, 2.05) is 0 Å². The van der Waals surface area contributed by atoms with Crippen molar-refractivity contribution in [2.45, 2.75) is 43.0 Å². The monoisotopic (exact) mass is 461 g/mol. The molecule has 0 radical (unpaired) electrons. The summed E-state index contributed by atoms with van der Waals surface area (Å²) in [6, 6.07) is 4.21. The summed E-state index contributed by atoms with van der Waals surface area (Å²) in [4.78, 5) is 23.4. The molecule has 170 valence electrons. The van der Waals surface area contributed by atoms with Gasteiger partial charge in [-0.25, -0.2) is 8.42 Å². The molecule has 0 atom stereocenters. The molecular weight excluding hydrogens is 439 g/mol. The molecule has 1 heterocycles. The first-order chi connectivity index (χ1) is 14.5. The van der Waals surface area contributed by atoms with E-state index in [1.54, 1.807) is 0 Å². The number of hydrogen-bond donors (Lipinski definition) is 2. The number of alkyl halides is 3. The van der Waals surface area contributed by atoms with Crippen LogP contribution in [0.5, 0.6) is 5.75 Å². The minimum absolute atomic E-state index is 0.117. The van der Waals surface area contributed by atoms with Crippen LogP contribution in [0.2, 0.25) is 0 Å². The van der Waals surface area contributed by atoms with Crippen LogP contribution in [0.4, 0.5) is 13.2 Å². The van der Waals surface area contributed by atoms with Gasteiger partial charge >= 0.3 is 6.36 Å². The first-order valence-electron chi connectivity index (χ1n) is 9.65. The van der Waals surface area contributed by atoms with Gasteiger partial charge in [-0.05, 0) is 49.9 Å². The van der Waals surface area contributed by atoms with E-state index < -0.39 is 28.0 Å². The molecule has 1 aliphatic heterocycles. The van der Waals surface area contributed by atoms with Gasteiger partial charge in [-0.1, -0.05) is 5.57 Å². The number of benzene rings is 1. The molecule has 0 unspecified atom stereocenters. The van der Waals surface area contributed by atoms with Crippen LogP contribution in [-0.2, 0) is 19.6 Å². The summed E-state index contributed by atoms with van der Waals surface area (Å²) in [6.45, 7) is 0.141. The minimum atomic E-state index is -4.86. The predicted octanol–water partition coefficient (Wildman–Crippen LogP) is 1.69. The van der Waals surface area contributed by atoms with Crippen molar-refractivity contribution in [3.05, 3.63) is 35.9 Å². The number of nitrogens with one attached hydrogen (secondary N) is 2. The van der Waals surface area contributed by atoms with Crippen LogP contribution >= 0.6 is 0 Å². The largest absolute Gasteiger partial charge is 0.573 e. The van der Waals surface area contributed by atoms with E-state index in [4.69, 9.17) is 0 Å². The highest BCUT2D eigenvalue weighted by atomic mass is 32.2. The predicted molar refractivity (Wildman–Crippen MR) is 103 cm³/mol. The molecule has 12 heteroatoms. The number of hydrogen-bond acceptors (Lipinski definition) is 5. The van der Waals surface area contributed by atoms with Gasteiger partial charge in [0.25, 0.3) is 0 Å². The van der Waals surface area contributed by atoms with Crippen LogP contribution in [-0.4, -0.2) is 56.6 Å². The number of carbonyl (C=O) groups is 2. The first-order valence-corrected chi connectivity index (χ1v) is 11.1. The molecule has 0 spiro atoms.